The van der Waals surface area contributed by atoms with Gasteiger partial charge in [0.1, 0.15) is 5.69 Å². The van der Waals surface area contributed by atoms with E-state index < -0.39 is 0 Å². The molecule has 0 aliphatic carbocycles. The van der Waals surface area contributed by atoms with Crippen molar-refractivity contribution >= 4 is 11.6 Å². The van der Waals surface area contributed by atoms with Gasteiger partial charge in [0.15, 0.2) is 0 Å². The van der Waals surface area contributed by atoms with Crippen LogP contribution in [0.3, 0.4) is 0 Å². The maximum absolute atomic E-state index is 12.8. The molecule has 1 aliphatic rings. The second-order valence-electron chi connectivity index (χ2n) is 5.86. The van der Waals surface area contributed by atoms with Crippen molar-refractivity contribution in [1.82, 2.24) is 9.47 Å². The van der Waals surface area contributed by atoms with Crippen molar-refractivity contribution in [3.63, 3.8) is 0 Å². The van der Waals surface area contributed by atoms with Crippen LogP contribution in [0.15, 0.2) is 12.3 Å². The predicted molar refractivity (Wildman–Crippen MR) is 78.2 cm³/mol. The average Bonchev–Trinajstić information content (AvgIpc) is 2.91. The van der Waals surface area contributed by atoms with E-state index in [1.54, 1.807) is 6.07 Å². The number of carbonyl (C=O) groups is 1. The molecule has 2 N–H and O–H groups in total. The first-order chi connectivity index (χ1) is 8.95. The van der Waals surface area contributed by atoms with Crippen LogP contribution in [0.4, 0.5) is 5.69 Å². The van der Waals surface area contributed by atoms with Gasteiger partial charge in [0.05, 0.1) is 5.69 Å². The summed E-state index contributed by atoms with van der Waals surface area (Å²) in [4.78, 5) is 14.9. The molecule has 2 rings (SSSR count). The van der Waals surface area contributed by atoms with Crippen molar-refractivity contribution in [2.24, 2.45) is 0 Å². The first-order valence-electron chi connectivity index (χ1n) is 7.25. The summed E-state index contributed by atoms with van der Waals surface area (Å²) in [6.45, 7) is 8.43. The van der Waals surface area contributed by atoms with Gasteiger partial charge in [0.2, 0.25) is 0 Å². The van der Waals surface area contributed by atoms with Crippen LogP contribution in [-0.4, -0.2) is 27.5 Å². The number of hydrogen-bond acceptors (Lipinski definition) is 2. The number of hydrogen-bond donors (Lipinski definition) is 1. The molecule has 1 amide bonds. The lowest BCUT2D eigenvalue weighted by Crippen LogP contribution is -2.40. The highest BCUT2D eigenvalue weighted by Crippen LogP contribution is 2.29. The Bertz CT molecular complexity index is 464. The van der Waals surface area contributed by atoms with Gasteiger partial charge in [-0.3, -0.25) is 4.79 Å². The van der Waals surface area contributed by atoms with Crippen LogP contribution in [0.2, 0.25) is 0 Å². The third-order valence-electron chi connectivity index (χ3n) is 4.14. The molecular formula is C15H25N3O. The first-order valence-corrected chi connectivity index (χ1v) is 7.25. The molecule has 0 spiro atoms. The van der Waals surface area contributed by atoms with Crippen molar-refractivity contribution in [2.75, 3.05) is 5.73 Å². The van der Waals surface area contributed by atoms with E-state index in [9.17, 15) is 4.79 Å². The molecule has 1 aliphatic heterocycles. The molecule has 2 unspecified atom stereocenters. The summed E-state index contributed by atoms with van der Waals surface area (Å²) in [5.41, 5.74) is 7.25. The van der Waals surface area contributed by atoms with Crippen LogP contribution in [0.5, 0.6) is 0 Å². The molecule has 4 nitrogen and oxygen atoms in total. The number of anilines is 1. The van der Waals surface area contributed by atoms with E-state index >= 15 is 0 Å². The van der Waals surface area contributed by atoms with Gasteiger partial charge in [-0.05, 0) is 46.1 Å². The number of aromatic nitrogens is 1. The van der Waals surface area contributed by atoms with Crippen molar-refractivity contribution < 1.29 is 4.79 Å². The van der Waals surface area contributed by atoms with Crippen LogP contribution in [0, 0.1) is 0 Å². The Kier molecular flexibility index (Phi) is 3.88. The van der Waals surface area contributed by atoms with Gasteiger partial charge >= 0.3 is 0 Å². The molecule has 0 saturated carbocycles. The predicted octanol–water partition coefficient (Wildman–Crippen LogP) is 3.05. The molecule has 106 valence electrons. The van der Waals surface area contributed by atoms with Crippen molar-refractivity contribution in [2.45, 2.75) is 65.1 Å². The van der Waals surface area contributed by atoms with Gasteiger partial charge in [0, 0.05) is 24.3 Å². The van der Waals surface area contributed by atoms with Crippen LogP contribution in [0.1, 0.15) is 63.5 Å². The summed E-state index contributed by atoms with van der Waals surface area (Å²) in [6.07, 6.45) is 5.09. The fourth-order valence-corrected chi connectivity index (χ4v) is 3.07. The molecule has 19 heavy (non-hydrogen) atoms. The average molecular weight is 263 g/mol. The lowest BCUT2D eigenvalue weighted by atomic mass is 10.1. The standard InChI is InChI=1S/C15H25N3O/c1-5-13-7-6-11(4)18(13)15(19)14-8-12(16)9-17(14)10(2)3/h8-11,13H,5-7,16H2,1-4H3. The van der Waals surface area contributed by atoms with E-state index in [0.717, 1.165) is 25.0 Å². The Morgan fingerprint density at radius 3 is 2.74 bits per heavy atom. The molecule has 1 saturated heterocycles. The Hall–Kier alpha value is -1.45. The minimum absolute atomic E-state index is 0.127. The van der Waals surface area contributed by atoms with E-state index in [-0.39, 0.29) is 11.9 Å². The lowest BCUT2D eigenvalue weighted by Gasteiger charge is -2.28. The van der Waals surface area contributed by atoms with Gasteiger partial charge in [-0.2, -0.15) is 0 Å². The smallest absolute Gasteiger partial charge is 0.271 e. The van der Waals surface area contributed by atoms with Crippen molar-refractivity contribution in [3.05, 3.63) is 18.0 Å². The van der Waals surface area contributed by atoms with Crippen LogP contribution in [0.25, 0.3) is 0 Å². The quantitative estimate of drug-likeness (QED) is 0.911. The molecule has 1 fully saturated rings. The Labute approximate surface area is 115 Å². The molecule has 1 aromatic rings. The largest absolute Gasteiger partial charge is 0.397 e. The van der Waals surface area contributed by atoms with Gasteiger partial charge in [-0.1, -0.05) is 6.92 Å². The zero-order valence-electron chi connectivity index (χ0n) is 12.4. The molecule has 2 atom stereocenters. The monoisotopic (exact) mass is 263 g/mol. The zero-order chi connectivity index (χ0) is 14.2. The fraction of sp³-hybridized carbons (Fsp3) is 0.667. The number of carbonyl (C=O) groups excluding carboxylic acids is 1. The number of nitrogen functional groups attached to an aromatic ring is 1. The van der Waals surface area contributed by atoms with Crippen LogP contribution in [-0.2, 0) is 0 Å². The van der Waals surface area contributed by atoms with Gasteiger partial charge in [-0.25, -0.2) is 0 Å². The topological polar surface area (TPSA) is 51.3 Å². The van der Waals surface area contributed by atoms with E-state index in [0.29, 0.717) is 17.8 Å². The summed E-state index contributed by atoms with van der Waals surface area (Å²) >= 11 is 0. The maximum Gasteiger partial charge on any atom is 0.271 e. The molecule has 1 aromatic heterocycles. The fourth-order valence-electron chi connectivity index (χ4n) is 3.07. The molecule has 2 heterocycles. The van der Waals surface area contributed by atoms with Crippen LogP contribution >= 0.6 is 0 Å². The number of nitrogens with zero attached hydrogens (tertiary/aromatic N) is 2. The highest BCUT2D eigenvalue weighted by Gasteiger charge is 2.35. The number of amides is 1. The molecule has 0 aromatic carbocycles. The minimum atomic E-state index is 0.127. The number of rotatable bonds is 3. The van der Waals surface area contributed by atoms with Crippen molar-refractivity contribution in [1.29, 1.82) is 0 Å². The summed E-state index contributed by atoms with van der Waals surface area (Å²) in [5, 5.41) is 0. The minimum Gasteiger partial charge on any atom is -0.397 e. The molecular weight excluding hydrogens is 238 g/mol. The molecule has 0 radical (unpaired) electrons. The Morgan fingerprint density at radius 1 is 1.47 bits per heavy atom. The summed E-state index contributed by atoms with van der Waals surface area (Å²) in [7, 11) is 0. The van der Waals surface area contributed by atoms with Gasteiger partial charge < -0.3 is 15.2 Å². The second kappa shape index (κ2) is 5.27. The second-order valence-corrected chi connectivity index (χ2v) is 5.86. The first kappa shape index (κ1) is 14.0. The highest BCUT2D eigenvalue weighted by molar-refractivity contribution is 5.94. The SMILES string of the molecule is CCC1CCC(C)N1C(=O)c1cc(N)cn1C(C)C. The van der Waals surface area contributed by atoms with E-state index in [1.165, 1.54) is 0 Å². The maximum atomic E-state index is 12.8. The number of nitrogens with two attached hydrogens (primary N) is 1. The Morgan fingerprint density at radius 2 is 2.16 bits per heavy atom. The van der Waals surface area contributed by atoms with E-state index in [2.05, 4.69) is 27.7 Å². The summed E-state index contributed by atoms with van der Waals surface area (Å²) in [6, 6.07) is 2.75. The van der Waals surface area contributed by atoms with E-state index in [4.69, 9.17) is 5.73 Å². The van der Waals surface area contributed by atoms with E-state index in [1.807, 2.05) is 15.7 Å². The van der Waals surface area contributed by atoms with Gasteiger partial charge in [0.25, 0.3) is 5.91 Å². The zero-order valence-corrected chi connectivity index (χ0v) is 12.4. The normalized spacial score (nSPS) is 23.3. The Balaban J connectivity index is 2.33. The van der Waals surface area contributed by atoms with Crippen LogP contribution < -0.4 is 5.73 Å². The number of likely N-dealkylation sites (tertiary alicyclic amines) is 1. The van der Waals surface area contributed by atoms with Gasteiger partial charge in [-0.15, -0.1) is 0 Å². The molecule has 0 bridgehead atoms. The summed E-state index contributed by atoms with van der Waals surface area (Å²) in [5.74, 6) is 0.127. The lowest BCUT2D eigenvalue weighted by molar-refractivity contribution is 0.0663. The third kappa shape index (κ3) is 2.48. The third-order valence-corrected chi connectivity index (χ3v) is 4.14. The van der Waals surface area contributed by atoms with Crippen molar-refractivity contribution in [3.8, 4) is 0 Å². The summed E-state index contributed by atoms with van der Waals surface area (Å²) < 4.78 is 1.98. The highest BCUT2D eigenvalue weighted by atomic mass is 16.2. The molecule has 4 heteroatoms.